The Morgan fingerprint density at radius 1 is 1.45 bits per heavy atom. The number of anilines is 1. The maximum absolute atomic E-state index is 12.3. The van der Waals surface area contributed by atoms with E-state index in [1.807, 2.05) is 6.07 Å². The third-order valence-electron chi connectivity index (χ3n) is 2.74. The van der Waals surface area contributed by atoms with Crippen molar-refractivity contribution in [3.05, 3.63) is 40.5 Å². The molecule has 104 valence electrons. The van der Waals surface area contributed by atoms with Gasteiger partial charge in [0.25, 0.3) is 10.0 Å². The lowest BCUT2D eigenvalue weighted by Crippen LogP contribution is -2.16. The molecule has 1 aromatic carbocycles. The highest BCUT2D eigenvalue weighted by atomic mass is 35.5. The molecule has 0 amide bonds. The zero-order valence-electron chi connectivity index (χ0n) is 10.8. The van der Waals surface area contributed by atoms with Crippen LogP contribution in [0.2, 0.25) is 5.02 Å². The van der Waals surface area contributed by atoms with Crippen molar-refractivity contribution in [1.29, 1.82) is 5.26 Å². The smallest absolute Gasteiger partial charge is 0.262 e. The van der Waals surface area contributed by atoms with E-state index in [-0.39, 0.29) is 16.3 Å². The molecule has 1 aromatic heterocycles. The average Bonchev–Trinajstić information content (AvgIpc) is 2.73. The average molecular weight is 311 g/mol. The minimum absolute atomic E-state index is 0.0261. The predicted octanol–water partition coefficient (Wildman–Crippen LogP) is 2.05. The molecular formula is C12H11ClN4O2S. The lowest BCUT2D eigenvalue weighted by atomic mass is 10.2. The van der Waals surface area contributed by atoms with Crippen molar-refractivity contribution in [2.75, 3.05) is 4.72 Å². The van der Waals surface area contributed by atoms with Gasteiger partial charge in [-0.25, -0.2) is 8.42 Å². The Morgan fingerprint density at radius 3 is 2.75 bits per heavy atom. The van der Waals surface area contributed by atoms with Crippen LogP contribution in [0.5, 0.6) is 0 Å². The fourth-order valence-electron chi connectivity index (χ4n) is 1.57. The molecule has 2 rings (SSSR count). The van der Waals surface area contributed by atoms with Gasteiger partial charge in [0.05, 0.1) is 11.1 Å². The molecule has 0 saturated carbocycles. The second kappa shape index (κ2) is 5.15. The number of sulfonamides is 1. The summed E-state index contributed by atoms with van der Waals surface area (Å²) in [4.78, 5) is 0.0261. The molecule has 0 atom stereocenters. The highest BCUT2D eigenvalue weighted by Gasteiger charge is 2.19. The molecule has 0 unspecified atom stereocenters. The van der Waals surface area contributed by atoms with E-state index < -0.39 is 10.0 Å². The van der Waals surface area contributed by atoms with Gasteiger partial charge in [-0.3, -0.25) is 9.40 Å². The number of nitrogens with one attached hydrogen (secondary N) is 1. The van der Waals surface area contributed by atoms with Gasteiger partial charge in [-0.15, -0.1) is 0 Å². The summed E-state index contributed by atoms with van der Waals surface area (Å²) < 4.78 is 28.2. The molecule has 20 heavy (non-hydrogen) atoms. The van der Waals surface area contributed by atoms with Gasteiger partial charge in [0.1, 0.15) is 11.6 Å². The molecule has 0 saturated heterocycles. The van der Waals surface area contributed by atoms with Crippen LogP contribution in [0.3, 0.4) is 0 Å². The molecule has 1 N–H and O–H groups in total. The van der Waals surface area contributed by atoms with Gasteiger partial charge in [0.2, 0.25) is 0 Å². The molecule has 8 heteroatoms. The largest absolute Gasteiger partial charge is 0.263 e. The molecule has 2 aromatic rings. The van der Waals surface area contributed by atoms with Crippen molar-refractivity contribution >= 4 is 27.4 Å². The second-order valence-corrected chi connectivity index (χ2v) is 6.25. The van der Waals surface area contributed by atoms with Crippen LogP contribution in [-0.4, -0.2) is 18.2 Å². The number of hydrogen-bond acceptors (Lipinski definition) is 4. The fourth-order valence-corrected chi connectivity index (χ4v) is 2.95. The van der Waals surface area contributed by atoms with Crippen molar-refractivity contribution in [2.45, 2.75) is 11.8 Å². The Kier molecular flexibility index (Phi) is 3.70. The van der Waals surface area contributed by atoms with Crippen LogP contribution < -0.4 is 4.72 Å². The third-order valence-corrected chi connectivity index (χ3v) is 4.49. The van der Waals surface area contributed by atoms with E-state index in [4.69, 9.17) is 16.9 Å². The van der Waals surface area contributed by atoms with Crippen molar-refractivity contribution < 1.29 is 8.42 Å². The Bertz CT molecular complexity index is 805. The number of nitriles is 1. The molecule has 0 bridgehead atoms. The van der Waals surface area contributed by atoms with Gasteiger partial charge in [0.15, 0.2) is 5.82 Å². The number of nitrogens with zero attached hydrogens (tertiary/aromatic N) is 3. The number of hydrogen-bond donors (Lipinski definition) is 1. The van der Waals surface area contributed by atoms with Gasteiger partial charge in [-0.2, -0.15) is 10.4 Å². The summed E-state index contributed by atoms with van der Waals surface area (Å²) in [6, 6.07) is 6.30. The normalized spacial score (nSPS) is 11.1. The Labute approximate surface area is 121 Å². The molecule has 0 aliphatic rings. The van der Waals surface area contributed by atoms with Crippen LogP contribution in [0.15, 0.2) is 29.3 Å². The van der Waals surface area contributed by atoms with Crippen molar-refractivity contribution in [1.82, 2.24) is 9.78 Å². The fraction of sp³-hybridized carbons (Fsp3) is 0.167. The standard InChI is InChI=1S/C12H11ClN4O2S/c1-8-3-4-10(5-11(8)13)20(18,19)16-12-9(6-14)7-15-17(12)2/h3-5,7,16H,1-2H3. The lowest BCUT2D eigenvalue weighted by Gasteiger charge is -2.09. The molecule has 1 heterocycles. The van der Waals surface area contributed by atoms with E-state index in [1.54, 1.807) is 20.0 Å². The van der Waals surface area contributed by atoms with Crippen LogP contribution >= 0.6 is 11.6 Å². The summed E-state index contributed by atoms with van der Waals surface area (Å²) >= 11 is 5.93. The first kappa shape index (κ1) is 14.4. The van der Waals surface area contributed by atoms with E-state index >= 15 is 0 Å². The van der Waals surface area contributed by atoms with E-state index in [2.05, 4.69) is 9.82 Å². The van der Waals surface area contributed by atoms with Crippen LogP contribution in [0.1, 0.15) is 11.1 Å². The quantitative estimate of drug-likeness (QED) is 0.939. The predicted molar refractivity (Wildman–Crippen MR) is 74.9 cm³/mol. The lowest BCUT2D eigenvalue weighted by molar-refractivity contribution is 0.600. The number of aryl methyl sites for hydroxylation is 2. The summed E-state index contributed by atoms with van der Waals surface area (Å²) in [7, 11) is -2.28. The molecule has 0 aliphatic heterocycles. The third kappa shape index (κ3) is 2.61. The second-order valence-electron chi connectivity index (χ2n) is 4.16. The SMILES string of the molecule is Cc1ccc(S(=O)(=O)Nc2c(C#N)cnn2C)cc1Cl. The van der Waals surface area contributed by atoms with Gasteiger partial charge in [-0.05, 0) is 24.6 Å². The van der Waals surface area contributed by atoms with Gasteiger partial charge in [-0.1, -0.05) is 17.7 Å². The molecule has 0 spiro atoms. The number of halogens is 1. The first-order valence-electron chi connectivity index (χ1n) is 5.56. The highest BCUT2D eigenvalue weighted by molar-refractivity contribution is 7.92. The topological polar surface area (TPSA) is 87.8 Å². The van der Waals surface area contributed by atoms with E-state index in [0.29, 0.717) is 5.02 Å². The molecular weight excluding hydrogens is 300 g/mol. The molecule has 0 fully saturated rings. The van der Waals surface area contributed by atoms with Crippen molar-refractivity contribution in [3.8, 4) is 6.07 Å². The monoisotopic (exact) mass is 310 g/mol. The zero-order valence-corrected chi connectivity index (χ0v) is 12.3. The maximum atomic E-state index is 12.3. The van der Waals surface area contributed by atoms with Gasteiger partial charge >= 0.3 is 0 Å². The molecule has 6 nitrogen and oxygen atoms in total. The van der Waals surface area contributed by atoms with Crippen molar-refractivity contribution in [3.63, 3.8) is 0 Å². The van der Waals surface area contributed by atoms with E-state index in [1.165, 1.54) is 23.0 Å². The molecule has 0 radical (unpaired) electrons. The van der Waals surface area contributed by atoms with Gasteiger partial charge in [0, 0.05) is 12.1 Å². The number of rotatable bonds is 3. The first-order chi connectivity index (χ1) is 9.35. The minimum atomic E-state index is -3.82. The number of aromatic nitrogens is 2. The summed E-state index contributed by atoms with van der Waals surface area (Å²) in [5, 5.41) is 13.1. The van der Waals surface area contributed by atoms with E-state index in [0.717, 1.165) is 5.56 Å². The summed E-state index contributed by atoms with van der Waals surface area (Å²) in [5.74, 6) is 0.115. The first-order valence-corrected chi connectivity index (χ1v) is 7.42. The minimum Gasteiger partial charge on any atom is -0.262 e. The van der Waals surface area contributed by atoms with Crippen LogP contribution in [0.4, 0.5) is 5.82 Å². The van der Waals surface area contributed by atoms with Crippen LogP contribution in [0, 0.1) is 18.3 Å². The Hall–Kier alpha value is -2.04. The van der Waals surface area contributed by atoms with Crippen LogP contribution in [-0.2, 0) is 17.1 Å². The van der Waals surface area contributed by atoms with Crippen LogP contribution in [0.25, 0.3) is 0 Å². The molecule has 0 aliphatic carbocycles. The Morgan fingerprint density at radius 2 is 2.15 bits per heavy atom. The Balaban J connectivity index is 2.44. The van der Waals surface area contributed by atoms with Crippen molar-refractivity contribution in [2.24, 2.45) is 7.05 Å². The van der Waals surface area contributed by atoms with E-state index in [9.17, 15) is 8.42 Å². The van der Waals surface area contributed by atoms with Gasteiger partial charge < -0.3 is 0 Å². The number of benzene rings is 1. The summed E-state index contributed by atoms with van der Waals surface area (Å²) in [6.07, 6.45) is 1.29. The highest BCUT2D eigenvalue weighted by Crippen LogP contribution is 2.23. The summed E-state index contributed by atoms with van der Waals surface area (Å²) in [5.41, 5.74) is 0.929. The zero-order chi connectivity index (χ0) is 14.9. The summed E-state index contributed by atoms with van der Waals surface area (Å²) in [6.45, 7) is 1.78. The maximum Gasteiger partial charge on any atom is 0.263 e.